The molecule has 0 aliphatic rings. The Kier molecular flexibility index (Phi) is 3.23. The second-order valence-electron chi connectivity index (χ2n) is 3.73. The zero-order valence-corrected chi connectivity index (χ0v) is 8.97. The van der Waals surface area contributed by atoms with E-state index in [4.69, 9.17) is 9.52 Å². The van der Waals surface area contributed by atoms with Gasteiger partial charge in [0.25, 0.3) is 0 Å². The van der Waals surface area contributed by atoms with Crippen LogP contribution in [0.15, 0.2) is 47.1 Å². The highest BCUT2D eigenvalue weighted by Gasteiger charge is 2.21. The third kappa shape index (κ3) is 2.72. The summed E-state index contributed by atoms with van der Waals surface area (Å²) in [6, 6.07) is 8.91. The van der Waals surface area contributed by atoms with Crippen LogP contribution in [0.1, 0.15) is 17.2 Å². The average molecular weight is 234 g/mol. The third-order valence-electron chi connectivity index (χ3n) is 2.56. The van der Waals surface area contributed by atoms with Crippen LogP contribution in [0.2, 0.25) is 0 Å². The number of carboxylic acids is 1. The maximum absolute atomic E-state index is 12.8. The van der Waals surface area contributed by atoms with Gasteiger partial charge in [-0.2, -0.15) is 0 Å². The molecule has 3 nitrogen and oxygen atoms in total. The Bertz CT molecular complexity index is 488. The molecule has 0 saturated carbocycles. The van der Waals surface area contributed by atoms with E-state index in [0.717, 1.165) is 0 Å². The van der Waals surface area contributed by atoms with E-state index in [2.05, 4.69) is 0 Å². The molecule has 0 unspecified atom stereocenters. The Morgan fingerprint density at radius 1 is 1.29 bits per heavy atom. The Morgan fingerprint density at radius 3 is 2.53 bits per heavy atom. The minimum atomic E-state index is -0.951. The molecule has 4 heteroatoms. The summed E-state index contributed by atoms with van der Waals surface area (Å²) in [5.41, 5.74) is 0.565. The normalized spacial score (nSPS) is 12.3. The highest BCUT2D eigenvalue weighted by molar-refractivity contribution is 5.76. The summed E-state index contributed by atoms with van der Waals surface area (Å²) in [6.45, 7) is 0. The number of hydrogen-bond donors (Lipinski definition) is 1. The first kappa shape index (κ1) is 11.4. The molecule has 0 saturated heterocycles. The number of aliphatic carboxylic acids is 1. The van der Waals surface area contributed by atoms with E-state index in [9.17, 15) is 9.18 Å². The van der Waals surface area contributed by atoms with E-state index in [0.29, 0.717) is 11.3 Å². The van der Waals surface area contributed by atoms with Crippen LogP contribution in [0.5, 0.6) is 0 Å². The fourth-order valence-electron chi connectivity index (χ4n) is 1.67. The molecule has 0 bridgehead atoms. The van der Waals surface area contributed by atoms with Crippen molar-refractivity contribution in [2.75, 3.05) is 0 Å². The second kappa shape index (κ2) is 4.82. The van der Waals surface area contributed by atoms with E-state index in [-0.39, 0.29) is 12.2 Å². The van der Waals surface area contributed by atoms with E-state index in [1.165, 1.54) is 30.5 Å². The van der Waals surface area contributed by atoms with Gasteiger partial charge in [0.2, 0.25) is 0 Å². The van der Waals surface area contributed by atoms with Gasteiger partial charge in [0.15, 0.2) is 0 Å². The molecule has 0 fully saturated rings. The van der Waals surface area contributed by atoms with E-state index >= 15 is 0 Å². The molecule has 88 valence electrons. The second-order valence-corrected chi connectivity index (χ2v) is 3.73. The highest BCUT2D eigenvalue weighted by Crippen LogP contribution is 2.21. The van der Waals surface area contributed by atoms with Gasteiger partial charge < -0.3 is 9.52 Å². The molecule has 1 heterocycles. The quantitative estimate of drug-likeness (QED) is 0.884. The molecule has 17 heavy (non-hydrogen) atoms. The Labute approximate surface area is 97.5 Å². The zero-order valence-electron chi connectivity index (χ0n) is 8.97. The van der Waals surface area contributed by atoms with E-state index in [1.807, 2.05) is 0 Å². The van der Waals surface area contributed by atoms with Crippen molar-refractivity contribution in [2.45, 2.75) is 12.3 Å². The molecule has 0 spiro atoms. The minimum absolute atomic E-state index is 0.258. The molecule has 1 aromatic heterocycles. The first-order valence-corrected chi connectivity index (χ1v) is 5.17. The number of carboxylic acid groups (broad SMARTS) is 1. The SMILES string of the molecule is O=C(O)[C@H](Cc1ccco1)c1ccc(F)cc1. The van der Waals surface area contributed by atoms with Crippen LogP contribution in [0.4, 0.5) is 4.39 Å². The highest BCUT2D eigenvalue weighted by atomic mass is 19.1. The number of furan rings is 1. The number of benzene rings is 1. The molecule has 0 amide bonds. The minimum Gasteiger partial charge on any atom is -0.481 e. The fraction of sp³-hybridized carbons (Fsp3) is 0.154. The summed E-state index contributed by atoms with van der Waals surface area (Å²) in [4.78, 5) is 11.2. The van der Waals surface area contributed by atoms with Crippen molar-refractivity contribution in [2.24, 2.45) is 0 Å². The summed E-state index contributed by atoms with van der Waals surface area (Å²) in [7, 11) is 0. The van der Waals surface area contributed by atoms with Crippen LogP contribution in [0, 0.1) is 5.82 Å². The van der Waals surface area contributed by atoms with Crippen molar-refractivity contribution in [3.8, 4) is 0 Å². The van der Waals surface area contributed by atoms with Crippen LogP contribution in [-0.4, -0.2) is 11.1 Å². The van der Waals surface area contributed by atoms with Crippen molar-refractivity contribution in [1.29, 1.82) is 0 Å². The van der Waals surface area contributed by atoms with Gasteiger partial charge in [0.1, 0.15) is 11.6 Å². The van der Waals surface area contributed by atoms with Gasteiger partial charge in [-0.15, -0.1) is 0 Å². The molecule has 1 aromatic carbocycles. The van der Waals surface area contributed by atoms with Gasteiger partial charge in [-0.3, -0.25) is 4.79 Å². The lowest BCUT2D eigenvalue weighted by Crippen LogP contribution is -2.14. The Hall–Kier alpha value is -2.10. The summed E-state index contributed by atoms with van der Waals surface area (Å²) in [5, 5.41) is 9.16. The number of hydrogen-bond acceptors (Lipinski definition) is 2. The number of carbonyl (C=O) groups is 1. The fourth-order valence-corrected chi connectivity index (χ4v) is 1.67. The molecule has 0 aliphatic heterocycles. The smallest absolute Gasteiger partial charge is 0.311 e. The van der Waals surface area contributed by atoms with Gasteiger partial charge in [-0.05, 0) is 29.8 Å². The maximum Gasteiger partial charge on any atom is 0.311 e. The molecular weight excluding hydrogens is 223 g/mol. The first-order valence-electron chi connectivity index (χ1n) is 5.17. The summed E-state index contributed by atoms with van der Waals surface area (Å²) >= 11 is 0. The molecule has 2 aromatic rings. The van der Waals surface area contributed by atoms with Crippen molar-refractivity contribution < 1.29 is 18.7 Å². The lowest BCUT2D eigenvalue weighted by atomic mass is 9.95. The van der Waals surface area contributed by atoms with Crippen LogP contribution in [0.25, 0.3) is 0 Å². The summed E-state index contributed by atoms with van der Waals surface area (Å²) in [5.74, 6) is -1.45. The summed E-state index contributed by atoms with van der Waals surface area (Å²) < 4.78 is 17.9. The van der Waals surface area contributed by atoms with Crippen molar-refractivity contribution in [3.05, 3.63) is 59.8 Å². The van der Waals surface area contributed by atoms with Crippen LogP contribution in [0.3, 0.4) is 0 Å². The molecule has 0 radical (unpaired) electrons. The molecular formula is C13H11FO3. The first-order chi connectivity index (χ1) is 8.16. The summed E-state index contributed by atoms with van der Waals surface area (Å²) in [6.07, 6.45) is 1.76. The lowest BCUT2D eigenvalue weighted by molar-refractivity contribution is -0.138. The Morgan fingerprint density at radius 2 is 2.00 bits per heavy atom. The zero-order chi connectivity index (χ0) is 12.3. The molecule has 1 N–H and O–H groups in total. The van der Waals surface area contributed by atoms with Crippen LogP contribution in [-0.2, 0) is 11.2 Å². The van der Waals surface area contributed by atoms with Gasteiger partial charge in [0, 0.05) is 6.42 Å². The topological polar surface area (TPSA) is 50.4 Å². The lowest BCUT2D eigenvalue weighted by Gasteiger charge is -2.10. The predicted molar refractivity (Wildman–Crippen MR) is 59.2 cm³/mol. The van der Waals surface area contributed by atoms with Crippen molar-refractivity contribution in [1.82, 2.24) is 0 Å². The molecule has 0 aliphatic carbocycles. The maximum atomic E-state index is 12.8. The third-order valence-corrected chi connectivity index (χ3v) is 2.56. The van der Waals surface area contributed by atoms with Gasteiger partial charge in [-0.1, -0.05) is 12.1 Å². The van der Waals surface area contributed by atoms with Gasteiger partial charge in [0.05, 0.1) is 12.2 Å². The van der Waals surface area contributed by atoms with Crippen molar-refractivity contribution in [3.63, 3.8) is 0 Å². The number of rotatable bonds is 4. The van der Waals surface area contributed by atoms with Gasteiger partial charge in [-0.25, -0.2) is 4.39 Å². The monoisotopic (exact) mass is 234 g/mol. The van der Waals surface area contributed by atoms with Gasteiger partial charge >= 0.3 is 5.97 Å². The molecule has 2 rings (SSSR count). The van der Waals surface area contributed by atoms with Crippen molar-refractivity contribution >= 4 is 5.97 Å². The van der Waals surface area contributed by atoms with E-state index < -0.39 is 11.9 Å². The average Bonchev–Trinajstić information content (AvgIpc) is 2.80. The Balaban J connectivity index is 2.23. The van der Waals surface area contributed by atoms with Crippen LogP contribution >= 0.6 is 0 Å². The largest absolute Gasteiger partial charge is 0.481 e. The van der Waals surface area contributed by atoms with E-state index in [1.54, 1.807) is 12.1 Å². The van der Waals surface area contributed by atoms with Crippen LogP contribution < -0.4 is 0 Å². The predicted octanol–water partition coefficient (Wildman–Crippen LogP) is 2.83. The number of halogens is 1. The molecule has 1 atom stereocenters. The standard InChI is InChI=1S/C13H11FO3/c14-10-5-3-9(4-6-10)12(13(15)16)8-11-2-1-7-17-11/h1-7,12H,8H2,(H,15,16)/t12-/m1/s1.